The van der Waals surface area contributed by atoms with Crippen LogP contribution in [0.3, 0.4) is 0 Å². The van der Waals surface area contributed by atoms with Crippen LogP contribution in [-0.4, -0.2) is 6.10 Å². The smallest absolute Gasteiger partial charge is 0.124 e. The van der Waals surface area contributed by atoms with Crippen molar-refractivity contribution in [2.75, 3.05) is 0 Å². The summed E-state index contributed by atoms with van der Waals surface area (Å²) in [5, 5.41) is 0. The molecule has 0 heterocycles. The summed E-state index contributed by atoms with van der Waals surface area (Å²) >= 11 is 0. The zero-order valence-corrected chi connectivity index (χ0v) is 13.4. The Labute approximate surface area is 123 Å². The van der Waals surface area contributed by atoms with Gasteiger partial charge in [0.15, 0.2) is 0 Å². The van der Waals surface area contributed by atoms with Gasteiger partial charge in [-0.3, -0.25) is 0 Å². The molecule has 1 saturated carbocycles. The van der Waals surface area contributed by atoms with Gasteiger partial charge in [0.1, 0.15) is 5.75 Å². The molecule has 2 N–H and O–H groups in total. The maximum Gasteiger partial charge on any atom is 0.124 e. The van der Waals surface area contributed by atoms with Crippen LogP contribution in [0.25, 0.3) is 0 Å². The third-order valence-electron chi connectivity index (χ3n) is 4.53. The number of rotatable bonds is 4. The molecule has 1 aromatic carbocycles. The summed E-state index contributed by atoms with van der Waals surface area (Å²) in [5.41, 5.74) is 8.22. The largest absolute Gasteiger partial charge is 0.491 e. The van der Waals surface area contributed by atoms with E-state index in [2.05, 4.69) is 39.8 Å². The number of hydrogen-bond donors (Lipinski definition) is 1. The van der Waals surface area contributed by atoms with Crippen LogP contribution >= 0.6 is 0 Å². The maximum absolute atomic E-state index is 6.55. The SMILES string of the molecule is CC(C)Oc1ccccc1C(N)C1CCC(C)(C)CC1. The molecule has 0 spiro atoms. The molecule has 2 nitrogen and oxygen atoms in total. The number of hydrogen-bond acceptors (Lipinski definition) is 2. The first-order chi connectivity index (χ1) is 9.39. The van der Waals surface area contributed by atoms with Gasteiger partial charge in [-0.05, 0) is 56.9 Å². The quantitative estimate of drug-likeness (QED) is 0.865. The van der Waals surface area contributed by atoms with E-state index in [1.54, 1.807) is 0 Å². The van der Waals surface area contributed by atoms with Gasteiger partial charge in [-0.2, -0.15) is 0 Å². The Hall–Kier alpha value is -1.02. The summed E-state index contributed by atoms with van der Waals surface area (Å²) in [4.78, 5) is 0. The zero-order valence-electron chi connectivity index (χ0n) is 13.4. The molecule has 1 atom stereocenters. The molecule has 0 bridgehead atoms. The molecule has 0 amide bonds. The van der Waals surface area contributed by atoms with Crippen LogP contribution in [0.15, 0.2) is 24.3 Å². The van der Waals surface area contributed by atoms with E-state index in [4.69, 9.17) is 10.5 Å². The van der Waals surface area contributed by atoms with Gasteiger partial charge in [-0.1, -0.05) is 32.0 Å². The van der Waals surface area contributed by atoms with E-state index >= 15 is 0 Å². The Morgan fingerprint density at radius 2 is 1.75 bits per heavy atom. The van der Waals surface area contributed by atoms with Crippen LogP contribution in [0.1, 0.15) is 65.0 Å². The van der Waals surface area contributed by atoms with Crippen molar-refractivity contribution in [1.82, 2.24) is 0 Å². The number of benzene rings is 1. The Morgan fingerprint density at radius 1 is 1.15 bits per heavy atom. The van der Waals surface area contributed by atoms with E-state index in [0.29, 0.717) is 11.3 Å². The monoisotopic (exact) mass is 275 g/mol. The van der Waals surface area contributed by atoms with Gasteiger partial charge in [0.05, 0.1) is 6.10 Å². The minimum absolute atomic E-state index is 0.0982. The molecule has 1 fully saturated rings. The molecule has 2 heteroatoms. The van der Waals surface area contributed by atoms with Gasteiger partial charge in [0.25, 0.3) is 0 Å². The fraction of sp³-hybridized carbons (Fsp3) is 0.667. The molecule has 1 unspecified atom stereocenters. The summed E-state index contributed by atoms with van der Waals surface area (Å²) in [5.74, 6) is 1.54. The second-order valence-corrected chi connectivity index (χ2v) is 7.23. The van der Waals surface area contributed by atoms with E-state index in [0.717, 1.165) is 5.75 Å². The van der Waals surface area contributed by atoms with Crippen molar-refractivity contribution in [3.8, 4) is 5.75 Å². The highest BCUT2D eigenvalue weighted by Crippen LogP contribution is 2.43. The third-order valence-corrected chi connectivity index (χ3v) is 4.53. The van der Waals surface area contributed by atoms with Crippen molar-refractivity contribution < 1.29 is 4.74 Å². The predicted octanol–water partition coefficient (Wildman–Crippen LogP) is 4.69. The summed E-state index contributed by atoms with van der Waals surface area (Å²) < 4.78 is 5.92. The van der Waals surface area contributed by atoms with Gasteiger partial charge >= 0.3 is 0 Å². The van der Waals surface area contributed by atoms with E-state index in [-0.39, 0.29) is 12.1 Å². The molecule has 1 aliphatic carbocycles. The van der Waals surface area contributed by atoms with Crippen molar-refractivity contribution in [3.05, 3.63) is 29.8 Å². The molecule has 2 rings (SSSR count). The topological polar surface area (TPSA) is 35.2 Å². The van der Waals surface area contributed by atoms with Crippen LogP contribution in [0.2, 0.25) is 0 Å². The first kappa shape index (κ1) is 15.4. The molecule has 1 aromatic rings. The molecular weight excluding hydrogens is 246 g/mol. The normalized spacial score (nSPS) is 20.9. The molecule has 0 aromatic heterocycles. The minimum atomic E-state index is 0.0982. The molecule has 0 aliphatic heterocycles. The molecule has 1 aliphatic rings. The Kier molecular flexibility index (Phi) is 4.74. The van der Waals surface area contributed by atoms with Gasteiger partial charge in [0.2, 0.25) is 0 Å². The Morgan fingerprint density at radius 3 is 2.35 bits per heavy atom. The molecular formula is C18H29NO. The molecule has 20 heavy (non-hydrogen) atoms. The molecule has 0 radical (unpaired) electrons. The highest BCUT2D eigenvalue weighted by atomic mass is 16.5. The highest BCUT2D eigenvalue weighted by Gasteiger charge is 2.31. The summed E-state index contributed by atoms with van der Waals surface area (Å²) in [6.45, 7) is 8.85. The average Bonchev–Trinajstić information content (AvgIpc) is 2.38. The van der Waals surface area contributed by atoms with Gasteiger partial charge in [-0.15, -0.1) is 0 Å². The van der Waals surface area contributed by atoms with Crippen molar-refractivity contribution >= 4 is 0 Å². The Balaban J connectivity index is 2.11. The highest BCUT2D eigenvalue weighted by molar-refractivity contribution is 5.36. The van der Waals surface area contributed by atoms with Crippen LogP contribution < -0.4 is 10.5 Å². The summed E-state index contributed by atoms with van der Waals surface area (Å²) in [6.07, 6.45) is 5.19. The number of para-hydroxylation sites is 1. The molecule has 0 saturated heterocycles. The lowest BCUT2D eigenvalue weighted by Gasteiger charge is -2.37. The van der Waals surface area contributed by atoms with Crippen molar-refractivity contribution in [2.24, 2.45) is 17.1 Å². The average molecular weight is 275 g/mol. The second-order valence-electron chi connectivity index (χ2n) is 7.23. The van der Waals surface area contributed by atoms with E-state index in [9.17, 15) is 0 Å². The summed E-state index contributed by atoms with van der Waals surface area (Å²) in [6, 6.07) is 8.36. The van der Waals surface area contributed by atoms with Gasteiger partial charge in [-0.25, -0.2) is 0 Å². The lowest BCUT2D eigenvalue weighted by molar-refractivity contribution is 0.170. The Bertz CT molecular complexity index is 429. The van der Waals surface area contributed by atoms with E-state index in [1.165, 1.54) is 31.2 Å². The van der Waals surface area contributed by atoms with E-state index < -0.39 is 0 Å². The minimum Gasteiger partial charge on any atom is -0.491 e. The standard InChI is InChI=1S/C18H29NO/c1-13(2)20-16-8-6-5-7-15(16)17(19)14-9-11-18(3,4)12-10-14/h5-8,13-14,17H,9-12,19H2,1-4H3. The fourth-order valence-electron chi connectivity index (χ4n) is 3.15. The van der Waals surface area contributed by atoms with Crippen LogP contribution in [0.5, 0.6) is 5.75 Å². The zero-order chi connectivity index (χ0) is 14.8. The van der Waals surface area contributed by atoms with Crippen LogP contribution in [0, 0.1) is 11.3 Å². The van der Waals surface area contributed by atoms with Crippen LogP contribution in [0.4, 0.5) is 0 Å². The van der Waals surface area contributed by atoms with Gasteiger partial charge in [0, 0.05) is 11.6 Å². The lowest BCUT2D eigenvalue weighted by Crippen LogP contribution is -2.29. The van der Waals surface area contributed by atoms with Crippen LogP contribution in [-0.2, 0) is 0 Å². The fourth-order valence-corrected chi connectivity index (χ4v) is 3.15. The van der Waals surface area contributed by atoms with Crippen molar-refractivity contribution in [2.45, 2.75) is 65.5 Å². The predicted molar refractivity (Wildman–Crippen MR) is 84.9 cm³/mol. The summed E-state index contributed by atoms with van der Waals surface area (Å²) in [7, 11) is 0. The number of ether oxygens (including phenoxy) is 1. The second kappa shape index (κ2) is 6.17. The third kappa shape index (κ3) is 3.76. The van der Waals surface area contributed by atoms with Crippen molar-refractivity contribution in [3.63, 3.8) is 0 Å². The van der Waals surface area contributed by atoms with Gasteiger partial charge < -0.3 is 10.5 Å². The van der Waals surface area contributed by atoms with Crippen molar-refractivity contribution in [1.29, 1.82) is 0 Å². The maximum atomic E-state index is 6.55. The molecule has 112 valence electrons. The first-order valence-electron chi connectivity index (χ1n) is 7.90. The lowest BCUT2D eigenvalue weighted by atomic mass is 9.70. The number of nitrogens with two attached hydrogens (primary N) is 1. The first-order valence-corrected chi connectivity index (χ1v) is 7.90. The van der Waals surface area contributed by atoms with E-state index in [1.807, 2.05) is 12.1 Å².